The van der Waals surface area contributed by atoms with Gasteiger partial charge in [-0.25, -0.2) is 0 Å². The van der Waals surface area contributed by atoms with Crippen molar-refractivity contribution >= 4 is 11.6 Å². The molecule has 1 aliphatic rings. The first-order valence-corrected chi connectivity index (χ1v) is 5.59. The zero-order valence-corrected chi connectivity index (χ0v) is 8.87. The van der Waals surface area contributed by atoms with Crippen molar-refractivity contribution in [3.63, 3.8) is 0 Å². The van der Waals surface area contributed by atoms with Crippen LogP contribution in [0.1, 0.15) is 37.2 Å². The number of benzene rings is 1. The molecule has 1 aromatic rings. The minimum absolute atomic E-state index is 0.162. The van der Waals surface area contributed by atoms with Gasteiger partial charge in [0, 0.05) is 10.9 Å². The normalized spacial score (nSPS) is 27.6. The molecule has 0 aromatic heterocycles. The Bertz CT molecular complexity index is 294. The lowest BCUT2D eigenvalue weighted by atomic mass is 9.82. The second kappa shape index (κ2) is 4.33. The van der Waals surface area contributed by atoms with E-state index in [-0.39, 0.29) is 6.10 Å². The average molecular weight is 211 g/mol. The highest BCUT2D eigenvalue weighted by Gasteiger charge is 2.24. The Morgan fingerprint density at radius 1 is 1.07 bits per heavy atom. The van der Waals surface area contributed by atoms with Gasteiger partial charge in [0.2, 0.25) is 0 Å². The molecule has 76 valence electrons. The molecule has 1 nitrogen and oxygen atoms in total. The Morgan fingerprint density at radius 2 is 1.71 bits per heavy atom. The van der Waals surface area contributed by atoms with E-state index in [0.29, 0.717) is 5.92 Å². The Balaban J connectivity index is 2.16. The fraction of sp³-hybridized carbons (Fsp3) is 0.500. The van der Waals surface area contributed by atoms with E-state index in [2.05, 4.69) is 0 Å². The summed E-state index contributed by atoms with van der Waals surface area (Å²) in [5.74, 6) is 0.320. The predicted molar refractivity (Wildman–Crippen MR) is 58.7 cm³/mol. The molecule has 1 aromatic carbocycles. The van der Waals surface area contributed by atoms with Crippen molar-refractivity contribution in [2.75, 3.05) is 0 Å². The van der Waals surface area contributed by atoms with Crippen molar-refractivity contribution in [1.29, 1.82) is 0 Å². The van der Waals surface area contributed by atoms with Crippen LogP contribution in [0.3, 0.4) is 0 Å². The average Bonchev–Trinajstić information content (AvgIpc) is 2.20. The molecule has 2 atom stereocenters. The minimum Gasteiger partial charge on any atom is -0.392 e. The highest BCUT2D eigenvalue weighted by Crippen LogP contribution is 2.33. The molecule has 1 N–H and O–H groups in total. The molecular formula is C12H15ClO. The third kappa shape index (κ3) is 2.10. The van der Waals surface area contributed by atoms with Gasteiger partial charge in [0.1, 0.15) is 0 Å². The van der Waals surface area contributed by atoms with Gasteiger partial charge in [-0.15, -0.1) is 0 Å². The van der Waals surface area contributed by atoms with Crippen LogP contribution in [0.2, 0.25) is 5.02 Å². The molecular weight excluding hydrogens is 196 g/mol. The van der Waals surface area contributed by atoms with E-state index in [4.69, 9.17) is 11.6 Å². The van der Waals surface area contributed by atoms with Crippen molar-refractivity contribution in [3.8, 4) is 0 Å². The van der Waals surface area contributed by atoms with E-state index in [1.165, 1.54) is 12.0 Å². The molecule has 0 bridgehead atoms. The summed E-state index contributed by atoms with van der Waals surface area (Å²) in [6.07, 6.45) is 4.26. The van der Waals surface area contributed by atoms with E-state index in [0.717, 1.165) is 24.3 Å². The van der Waals surface area contributed by atoms with Gasteiger partial charge >= 0.3 is 0 Å². The zero-order chi connectivity index (χ0) is 9.97. The number of halogens is 1. The summed E-state index contributed by atoms with van der Waals surface area (Å²) in [6, 6.07) is 7.86. The van der Waals surface area contributed by atoms with Crippen molar-refractivity contribution in [3.05, 3.63) is 34.9 Å². The number of aliphatic hydroxyl groups excluding tert-OH is 1. The van der Waals surface area contributed by atoms with Gasteiger partial charge in [-0.1, -0.05) is 36.6 Å². The van der Waals surface area contributed by atoms with Gasteiger partial charge in [0.15, 0.2) is 0 Å². The Morgan fingerprint density at radius 3 is 2.36 bits per heavy atom. The fourth-order valence-corrected chi connectivity index (χ4v) is 2.34. The zero-order valence-electron chi connectivity index (χ0n) is 8.12. The van der Waals surface area contributed by atoms with Crippen LogP contribution >= 0.6 is 11.6 Å². The molecule has 1 fully saturated rings. The van der Waals surface area contributed by atoms with Gasteiger partial charge in [-0.2, -0.15) is 0 Å². The summed E-state index contributed by atoms with van der Waals surface area (Å²) in [5, 5.41) is 10.6. The number of hydrogen-bond acceptors (Lipinski definition) is 1. The second-order valence-electron chi connectivity index (χ2n) is 4.01. The molecule has 14 heavy (non-hydrogen) atoms. The van der Waals surface area contributed by atoms with Crippen LogP contribution < -0.4 is 0 Å². The SMILES string of the molecule is OC1CCCCC1c1ccc(Cl)cc1. The van der Waals surface area contributed by atoms with Crippen molar-refractivity contribution in [1.82, 2.24) is 0 Å². The summed E-state index contributed by atoms with van der Waals surface area (Å²) < 4.78 is 0. The molecule has 2 heteroatoms. The molecule has 0 radical (unpaired) electrons. The number of hydrogen-bond donors (Lipinski definition) is 1. The number of rotatable bonds is 1. The van der Waals surface area contributed by atoms with Crippen molar-refractivity contribution in [2.24, 2.45) is 0 Å². The highest BCUT2D eigenvalue weighted by atomic mass is 35.5. The van der Waals surface area contributed by atoms with Crippen LogP contribution in [0.5, 0.6) is 0 Å². The van der Waals surface area contributed by atoms with Crippen LogP contribution in [-0.4, -0.2) is 11.2 Å². The fourth-order valence-electron chi connectivity index (χ4n) is 2.21. The summed E-state index contributed by atoms with van der Waals surface area (Å²) >= 11 is 5.82. The van der Waals surface area contributed by atoms with E-state index in [9.17, 15) is 5.11 Å². The molecule has 1 aliphatic carbocycles. The molecule has 0 aliphatic heterocycles. The maximum Gasteiger partial charge on any atom is 0.0608 e. The van der Waals surface area contributed by atoms with Gasteiger partial charge < -0.3 is 5.11 Å². The largest absolute Gasteiger partial charge is 0.392 e. The maximum absolute atomic E-state index is 9.86. The van der Waals surface area contributed by atoms with E-state index in [1.807, 2.05) is 24.3 Å². The lowest BCUT2D eigenvalue weighted by Crippen LogP contribution is -2.22. The van der Waals surface area contributed by atoms with E-state index < -0.39 is 0 Å². The first-order chi connectivity index (χ1) is 6.77. The van der Waals surface area contributed by atoms with E-state index >= 15 is 0 Å². The molecule has 0 amide bonds. The topological polar surface area (TPSA) is 20.2 Å². The Hall–Kier alpha value is -0.530. The summed E-state index contributed by atoms with van der Waals surface area (Å²) in [4.78, 5) is 0. The van der Waals surface area contributed by atoms with Crippen LogP contribution in [0, 0.1) is 0 Å². The third-order valence-corrected chi connectivity index (χ3v) is 3.28. The smallest absolute Gasteiger partial charge is 0.0608 e. The Kier molecular flexibility index (Phi) is 3.09. The summed E-state index contributed by atoms with van der Waals surface area (Å²) in [5.41, 5.74) is 1.22. The predicted octanol–water partition coefficient (Wildman–Crippen LogP) is 3.36. The van der Waals surface area contributed by atoms with Gasteiger partial charge in [-0.3, -0.25) is 0 Å². The minimum atomic E-state index is -0.162. The molecule has 1 saturated carbocycles. The Labute approximate surface area is 89.7 Å². The summed E-state index contributed by atoms with van der Waals surface area (Å²) in [7, 11) is 0. The highest BCUT2D eigenvalue weighted by molar-refractivity contribution is 6.30. The quantitative estimate of drug-likeness (QED) is 0.754. The standard InChI is InChI=1S/C12H15ClO/c13-10-7-5-9(6-8-10)11-3-1-2-4-12(11)14/h5-8,11-12,14H,1-4H2. The molecule has 2 unspecified atom stereocenters. The summed E-state index contributed by atoms with van der Waals surface area (Å²) in [6.45, 7) is 0. The van der Waals surface area contributed by atoms with Crippen molar-refractivity contribution < 1.29 is 5.11 Å². The van der Waals surface area contributed by atoms with Crippen LogP contribution in [0.4, 0.5) is 0 Å². The first kappa shape index (κ1) is 10.0. The lowest BCUT2D eigenvalue weighted by Gasteiger charge is -2.27. The van der Waals surface area contributed by atoms with Crippen LogP contribution in [0.25, 0.3) is 0 Å². The maximum atomic E-state index is 9.86. The molecule has 0 saturated heterocycles. The van der Waals surface area contributed by atoms with Crippen molar-refractivity contribution in [2.45, 2.75) is 37.7 Å². The second-order valence-corrected chi connectivity index (χ2v) is 4.45. The first-order valence-electron chi connectivity index (χ1n) is 5.21. The third-order valence-electron chi connectivity index (χ3n) is 3.03. The number of aliphatic hydroxyl groups is 1. The van der Waals surface area contributed by atoms with Gasteiger partial charge in [-0.05, 0) is 30.5 Å². The lowest BCUT2D eigenvalue weighted by molar-refractivity contribution is 0.106. The van der Waals surface area contributed by atoms with Gasteiger partial charge in [0.05, 0.1) is 6.10 Å². The van der Waals surface area contributed by atoms with Crippen LogP contribution in [-0.2, 0) is 0 Å². The van der Waals surface area contributed by atoms with E-state index in [1.54, 1.807) is 0 Å². The molecule has 0 spiro atoms. The van der Waals surface area contributed by atoms with Gasteiger partial charge in [0.25, 0.3) is 0 Å². The van der Waals surface area contributed by atoms with Crippen LogP contribution in [0.15, 0.2) is 24.3 Å². The monoisotopic (exact) mass is 210 g/mol. The molecule has 2 rings (SSSR count). The molecule has 0 heterocycles.